The molecule has 0 fully saturated rings. The second-order valence-corrected chi connectivity index (χ2v) is 6.48. The van der Waals surface area contributed by atoms with Crippen LogP contribution in [0.4, 0.5) is 0 Å². The number of aromatic nitrogens is 1. The number of benzene rings is 2. The Morgan fingerprint density at radius 1 is 1.07 bits per heavy atom. The van der Waals surface area contributed by atoms with Crippen molar-refractivity contribution >= 4 is 5.91 Å². The zero-order valence-electron chi connectivity index (χ0n) is 15.5. The number of likely N-dealkylation sites (N-methyl/N-ethyl adjacent to an activating group) is 1. The highest BCUT2D eigenvalue weighted by Gasteiger charge is 2.22. The summed E-state index contributed by atoms with van der Waals surface area (Å²) in [6.07, 6.45) is -0.866. The predicted molar refractivity (Wildman–Crippen MR) is 105 cm³/mol. The highest BCUT2D eigenvalue weighted by Crippen LogP contribution is 2.23. The van der Waals surface area contributed by atoms with Gasteiger partial charge in [-0.15, -0.1) is 0 Å². The predicted octanol–water partition coefficient (Wildman–Crippen LogP) is 3.59. The monoisotopic (exact) mass is 364 g/mol. The fourth-order valence-corrected chi connectivity index (χ4v) is 3.19. The van der Waals surface area contributed by atoms with Gasteiger partial charge >= 0.3 is 0 Å². The molecule has 1 aromatic heterocycles. The molecule has 5 nitrogen and oxygen atoms in total. The Morgan fingerprint density at radius 3 is 2.48 bits per heavy atom. The Morgan fingerprint density at radius 2 is 1.81 bits per heavy atom. The molecule has 1 heterocycles. The van der Waals surface area contributed by atoms with Gasteiger partial charge in [-0.1, -0.05) is 42.5 Å². The number of carbonyl (C=O) groups is 1. The van der Waals surface area contributed by atoms with Crippen molar-refractivity contribution in [2.45, 2.75) is 13.0 Å². The number of carbonyl (C=O) groups excluding carboxylic acids is 1. The van der Waals surface area contributed by atoms with Crippen LogP contribution in [0.3, 0.4) is 0 Å². The van der Waals surface area contributed by atoms with Crippen molar-refractivity contribution in [3.8, 4) is 17.0 Å². The van der Waals surface area contributed by atoms with Gasteiger partial charge in [-0.2, -0.15) is 0 Å². The molecular formula is C22H24N2O3. The maximum atomic E-state index is 13.0. The zero-order chi connectivity index (χ0) is 19.4. The summed E-state index contributed by atoms with van der Waals surface area (Å²) in [4.78, 5) is 14.6. The number of phenolic OH excluding ortho intramolecular Hbond substituents is 1. The summed E-state index contributed by atoms with van der Waals surface area (Å²) in [7, 11) is 1.87. The van der Waals surface area contributed by atoms with Gasteiger partial charge in [-0.25, -0.2) is 0 Å². The van der Waals surface area contributed by atoms with Gasteiger partial charge in [0.25, 0.3) is 5.91 Å². The minimum Gasteiger partial charge on any atom is -0.508 e. The summed E-state index contributed by atoms with van der Waals surface area (Å²) >= 11 is 0. The third-order valence-corrected chi connectivity index (χ3v) is 4.73. The molecule has 0 bridgehead atoms. The van der Waals surface area contributed by atoms with Gasteiger partial charge in [0.05, 0.1) is 12.6 Å². The van der Waals surface area contributed by atoms with Crippen LogP contribution in [-0.2, 0) is 7.05 Å². The van der Waals surface area contributed by atoms with E-state index in [2.05, 4.69) is 0 Å². The highest BCUT2D eigenvalue weighted by molar-refractivity contribution is 5.94. The van der Waals surface area contributed by atoms with Gasteiger partial charge in [0.2, 0.25) is 0 Å². The molecule has 140 valence electrons. The maximum Gasteiger partial charge on any atom is 0.270 e. The van der Waals surface area contributed by atoms with Crippen molar-refractivity contribution < 1.29 is 15.0 Å². The van der Waals surface area contributed by atoms with Crippen molar-refractivity contribution in [2.75, 3.05) is 13.1 Å². The topological polar surface area (TPSA) is 65.7 Å². The smallest absolute Gasteiger partial charge is 0.270 e. The first-order valence-corrected chi connectivity index (χ1v) is 8.98. The molecule has 0 aliphatic carbocycles. The first-order valence-electron chi connectivity index (χ1n) is 8.98. The van der Waals surface area contributed by atoms with E-state index in [-0.39, 0.29) is 18.2 Å². The molecule has 0 aliphatic rings. The molecule has 2 aromatic carbocycles. The molecule has 0 saturated heterocycles. The van der Waals surface area contributed by atoms with E-state index in [9.17, 15) is 15.0 Å². The van der Waals surface area contributed by atoms with Crippen LogP contribution in [0.15, 0.2) is 66.7 Å². The Bertz CT molecular complexity index is 918. The van der Waals surface area contributed by atoms with E-state index in [1.165, 1.54) is 6.07 Å². The van der Waals surface area contributed by atoms with Crippen LogP contribution in [-0.4, -0.2) is 38.7 Å². The van der Waals surface area contributed by atoms with Crippen molar-refractivity contribution in [3.63, 3.8) is 0 Å². The molecule has 2 N–H and O–H groups in total. The standard InChI is InChI=1S/C22H24N2O3/c1-3-24(15-21(26)17-10-7-11-18(25)14-17)22(27)20-13-12-19(23(20)2)16-8-5-4-6-9-16/h4-14,21,25-26H,3,15H2,1-2H3. The third-order valence-electron chi connectivity index (χ3n) is 4.73. The van der Waals surface area contributed by atoms with E-state index < -0.39 is 6.10 Å². The number of rotatable bonds is 6. The number of nitrogens with zero attached hydrogens (tertiary/aromatic N) is 2. The van der Waals surface area contributed by atoms with Crippen molar-refractivity contribution in [1.29, 1.82) is 0 Å². The Labute approximate surface area is 159 Å². The Hall–Kier alpha value is -3.05. The van der Waals surface area contributed by atoms with E-state index in [0.29, 0.717) is 17.8 Å². The first-order chi connectivity index (χ1) is 13.0. The minimum atomic E-state index is -0.866. The first kappa shape index (κ1) is 18.7. The number of amides is 1. The Balaban J connectivity index is 1.80. The fraction of sp³-hybridized carbons (Fsp3) is 0.227. The number of aromatic hydroxyl groups is 1. The highest BCUT2D eigenvalue weighted by atomic mass is 16.3. The molecule has 1 amide bonds. The molecule has 3 rings (SSSR count). The molecule has 1 unspecified atom stereocenters. The summed E-state index contributed by atoms with van der Waals surface area (Å²) in [5.74, 6) is -0.0442. The summed E-state index contributed by atoms with van der Waals surface area (Å²) in [6.45, 7) is 2.51. The molecule has 5 heteroatoms. The van der Waals surface area contributed by atoms with Crippen LogP contribution in [0.5, 0.6) is 5.75 Å². The summed E-state index contributed by atoms with van der Waals surface area (Å²) < 4.78 is 1.88. The second kappa shape index (κ2) is 8.10. The lowest BCUT2D eigenvalue weighted by Gasteiger charge is -2.24. The number of aliphatic hydroxyl groups excluding tert-OH is 1. The summed E-state index contributed by atoms with van der Waals surface area (Å²) in [5, 5.41) is 20.1. The lowest BCUT2D eigenvalue weighted by Crippen LogP contribution is -2.35. The van der Waals surface area contributed by atoms with Gasteiger partial charge in [-0.3, -0.25) is 4.79 Å². The maximum absolute atomic E-state index is 13.0. The average Bonchev–Trinajstić information content (AvgIpc) is 3.07. The van der Waals surface area contributed by atoms with Gasteiger partial charge in [0, 0.05) is 19.3 Å². The van der Waals surface area contributed by atoms with E-state index in [4.69, 9.17) is 0 Å². The minimum absolute atomic E-state index is 0.0934. The van der Waals surface area contributed by atoms with E-state index >= 15 is 0 Å². The van der Waals surface area contributed by atoms with E-state index in [1.807, 2.05) is 61.0 Å². The van der Waals surface area contributed by atoms with Crippen LogP contribution in [0.2, 0.25) is 0 Å². The number of hydrogen-bond donors (Lipinski definition) is 2. The van der Waals surface area contributed by atoms with Crippen molar-refractivity contribution in [1.82, 2.24) is 9.47 Å². The van der Waals surface area contributed by atoms with Crippen LogP contribution in [0.1, 0.15) is 29.1 Å². The van der Waals surface area contributed by atoms with Gasteiger partial charge in [0.1, 0.15) is 11.4 Å². The lowest BCUT2D eigenvalue weighted by atomic mass is 10.1. The lowest BCUT2D eigenvalue weighted by molar-refractivity contribution is 0.0626. The fourth-order valence-electron chi connectivity index (χ4n) is 3.19. The largest absolute Gasteiger partial charge is 0.508 e. The molecule has 0 aliphatic heterocycles. The molecule has 1 atom stereocenters. The van der Waals surface area contributed by atoms with Crippen molar-refractivity contribution in [3.05, 3.63) is 78.0 Å². The van der Waals surface area contributed by atoms with Crippen LogP contribution < -0.4 is 0 Å². The SMILES string of the molecule is CCN(CC(O)c1cccc(O)c1)C(=O)c1ccc(-c2ccccc2)n1C. The number of aliphatic hydroxyl groups is 1. The molecule has 27 heavy (non-hydrogen) atoms. The molecule has 0 radical (unpaired) electrons. The quantitative estimate of drug-likeness (QED) is 0.702. The number of hydrogen-bond acceptors (Lipinski definition) is 3. The third kappa shape index (κ3) is 4.04. The normalized spacial score (nSPS) is 12.0. The van der Waals surface area contributed by atoms with Crippen LogP contribution in [0, 0.1) is 0 Å². The zero-order valence-corrected chi connectivity index (χ0v) is 15.5. The van der Waals surface area contributed by atoms with Gasteiger partial charge in [-0.05, 0) is 42.3 Å². The van der Waals surface area contributed by atoms with E-state index in [1.54, 1.807) is 23.1 Å². The summed E-state index contributed by atoms with van der Waals surface area (Å²) in [6, 6.07) is 20.1. The van der Waals surface area contributed by atoms with Gasteiger partial charge in [0.15, 0.2) is 0 Å². The number of phenols is 1. The van der Waals surface area contributed by atoms with E-state index in [0.717, 1.165) is 11.3 Å². The second-order valence-electron chi connectivity index (χ2n) is 6.48. The summed E-state index contributed by atoms with van der Waals surface area (Å²) in [5.41, 5.74) is 3.15. The molecule has 0 spiro atoms. The van der Waals surface area contributed by atoms with Crippen LogP contribution >= 0.6 is 0 Å². The average molecular weight is 364 g/mol. The molecular weight excluding hydrogens is 340 g/mol. The van der Waals surface area contributed by atoms with Gasteiger partial charge < -0.3 is 19.7 Å². The molecule has 3 aromatic rings. The molecule has 0 saturated carbocycles. The van der Waals surface area contributed by atoms with Crippen molar-refractivity contribution in [2.24, 2.45) is 7.05 Å². The Kier molecular flexibility index (Phi) is 5.62. The van der Waals surface area contributed by atoms with Crippen LogP contribution in [0.25, 0.3) is 11.3 Å².